The maximum atomic E-state index is 13.5. The van der Waals surface area contributed by atoms with E-state index in [1.807, 2.05) is 39.0 Å². The molecular formula is C28H31F3N4O3. The van der Waals surface area contributed by atoms with Crippen LogP contribution in [0.3, 0.4) is 0 Å². The Hall–Kier alpha value is -3.40. The van der Waals surface area contributed by atoms with Crippen molar-refractivity contribution in [2.24, 2.45) is 11.8 Å². The van der Waals surface area contributed by atoms with Crippen LogP contribution >= 0.6 is 0 Å². The van der Waals surface area contributed by atoms with Gasteiger partial charge in [0.05, 0.1) is 11.1 Å². The average molecular weight is 529 g/mol. The summed E-state index contributed by atoms with van der Waals surface area (Å²) in [5.74, 6) is -0.329. The van der Waals surface area contributed by atoms with Gasteiger partial charge in [0.25, 0.3) is 5.91 Å². The van der Waals surface area contributed by atoms with E-state index in [9.17, 15) is 23.1 Å². The second-order valence-electron chi connectivity index (χ2n) is 10.2. The van der Waals surface area contributed by atoms with E-state index in [-0.39, 0.29) is 29.0 Å². The minimum atomic E-state index is -4.51. The molecule has 5 rings (SSSR count). The molecule has 0 spiro atoms. The second kappa shape index (κ2) is 9.72. The van der Waals surface area contributed by atoms with Gasteiger partial charge in [0.2, 0.25) is 0 Å². The van der Waals surface area contributed by atoms with E-state index in [1.165, 1.54) is 18.5 Å². The molecule has 202 valence electrons. The summed E-state index contributed by atoms with van der Waals surface area (Å²) in [7, 11) is 0. The first-order valence-corrected chi connectivity index (χ1v) is 13.0. The van der Waals surface area contributed by atoms with Crippen LogP contribution < -0.4 is 0 Å². The molecule has 10 heteroatoms. The van der Waals surface area contributed by atoms with Crippen molar-refractivity contribution in [3.8, 4) is 11.3 Å². The van der Waals surface area contributed by atoms with Crippen LogP contribution in [-0.4, -0.2) is 55.5 Å². The third kappa shape index (κ3) is 4.55. The van der Waals surface area contributed by atoms with Crippen molar-refractivity contribution in [1.29, 1.82) is 0 Å². The number of hydrogen-bond donors (Lipinski definition) is 1. The number of benzene rings is 1. The van der Waals surface area contributed by atoms with E-state index in [2.05, 4.69) is 10.1 Å². The van der Waals surface area contributed by atoms with Crippen LogP contribution in [0.5, 0.6) is 0 Å². The van der Waals surface area contributed by atoms with Crippen LogP contribution in [0.2, 0.25) is 0 Å². The maximum Gasteiger partial charge on any atom is 0.408 e. The Bertz CT molecular complexity index is 1480. The number of rotatable bonds is 7. The van der Waals surface area contributed by atoms with E-state index < -0.39 is 18.3 Å². The summed E-state index contributed by atoms with van der Waals surface area (Å²) in [6.45, 7) is 5.26. The number of pyridine rings is 1. The van der Waals surface area contributed by atoms with Crippen molar-refractivity contribution in [3.63, 3.8) is 0 Å². The van der Waals surface area contributed by atoms with Crippen LogP contribution in [0.25, 0.3) is 33.1 Å². The molecule has 38 heavy (non-hydrogen) atoms. The molecule has 1 aliphatic rings. The van der Waals surface area contributed by atoms with Gasteiger partial charge in [-0.1, -0.05) is 32.0 Å². The number of amides is 1. The van der Waals surface area contributed by atoms with E-state index in [0.29, 0.717) is 41.7 Å². The molecule has 1 aromatic carbocycles. The van der Waals surface area contributed by atoms with Gasteiger partial charge in [0.15, 0.2) is 0 Å². The molecule has 3 atom stereocenters. The molecule has 4 aromatic rings. The van der Waals surface area contributed by atoms with Gasteiger partial charge < -0.3 is 14.4 Å². The molecular weight excluding hydrogens is 497 g/mol. The molecule has 1 aliphatic carbocycles. The molecule has 3 aromatic heterocycles. The smallest absolute Gasteiger partial charge is 0.408 e. The lowest BCUT2D eigenvalue weighted by Gasteiger charge is -2.36. The zero-order chi connectivity index (χ0) is 27.2. The average Bonchev–Trinajstić information content (AvgIpc) is 3.55. The zero-order valence-corrected chi connectivity index (χ0v) is 21.6. The molecule has 1 fully saturated rings. The number of furan rings is 1. The SMILES string of the molecule is CCN(CC1CCC(C)C1(O)CC)C(=O)c1cc2c(cn1)c(-c1coc3ccccc13)nn2CC(F)(F)F. The first-order chi connectivity index (χ1) is 18.1. The molecule has 0 bridgehead atoms. The van der Waals surface area contributed by atoms with Gasteiger partial charge in [-0.2, -0.15) is 18.3 Å². The number of carbonyl (C=O) groups is 1. The molecule has 0 radical (unpaired) electrons. The normalized spacial score (nSPS) is 22.0. The van der Waals surface area contributed by atoms with E-state index in [1.54, 1.807) is 11.0 Å². The summed E-state index contributed by atoms with van der Waals surface area (Å²) in [5, 5.41) is 16.6. The van der Waals surface area contributed by atoms with Crippen LogP contribution in [0.15, 0.2) is 47.2 Å². The Morgan fingerprint density at radius 2 is 2.00 bits per heavy atom. The highest BCUT2D eigenvalue weighted by atomic mass is 19.4. The van der Waals surface area contributed by atoms with Crippen LogP contribution in [0.1, 0.15) is 50.5 Å². The fourth-order valence-electron chi connectivity index (χ4n) is 5.86. The monoisotopic (exact) mass is 528 g/mol. The summed E-state index contributed by atoms with van der Waals surface area (Å²) in [6, 6.07) is 8.59. The third-order valence-electron chi connectivity index (χ3n) is 8.10. The Kier molecular flexibility index (Phi) is 6.71. The molecule has 0 saturated heterocycles. The first kappa shape index (κ1) is 26.2. The number of para-hydroxylation sites is 1. The molecule has 1 saturated carbocycles. The summed E-state index contributed by atoms with van der Waals surface area (Å²) < 4.78 is 46.9. The Labute approximate surface area is 218 Å². The highest BCUT2D eigenvalue weighted by molar-refractivity contribution is 6.03. The minimum Gasteiger partial charge on any atom is -0.464 e. The van der Waals surface area contributed by atoms with E-state index in [4.69, 9.17) is 4.42 Å². The number of aliphatic hydroxyl groups is 1. The fraction of sp³-hybridized carbons (Fsp3) is 0.464. The number of fused-ring (bicyclic) bond motifs is 2. The van der Waals surface area contributed by atoms with Crippen molar-refractivity contribution >= 4 is 27.8 Å². The largest absolute Gasteiger partial charge is 0.464 e. The minimum absolute atomic E-state index is 0.0392. The quantitative estimate of drug-likeness (QED) is 0.315. The highest BCUT2D eigenvalue weighted by Gasteiger charge is 2.46. The summed E-state index contributed by atoms with van der Waals surface area (Å²) in [5.41, 5.74) is 0.804. The molecule has 1 amide bonds. The van der Waals surface area contributed by atoms with Gasteiger partial charge in [0.1, 0.15) is 29.8 Å². The van der Waals surface area contributed by atoms with Crippen molar-refractivity contribution < 1.29 is 27.5 Å². The maximum absolute atomic E-state index is 13.5. The lowest BCUT2D eigenvalue weighted by molar-refractivity contribution is -0.141. The van der Waals surface area contributed by atoms with Crippen LogP contribution in [0.4, 0.5) is 13.2 Å². The first-order valence-electron chi connectivity index (χ1n) is 13.0. The Morgan fingerprint density at radius 1 is 1.24 bits per heavy atom. The van der Waals surface area contributed by atoms with Gasteiger partial charge >= 0.3 is 6.18 Å². The van der Waals surface area contributed by atoms with Crippen LogP contribution in [0, 0.1) is 11.8 Å². The number of alkyl halides is 3. The molecule has 0 aliphatic heterocycles. The van der Waals surface area contributed by atoms with E-state index >= 15 is 0 Å². The summed E-state index contributed by atoms with van der Waals surface area (Å²) in [4.78, 5) is 19.5. The van der Waals surface area contributed by atoms with Gasteiger partial charge in [-0.05, 0) is 44.2 Å². The Morgan fingerprint density at radius 3 is 2.71 bits per heavy atom. The lowest BCUT2D eigenvalue weighted by atomic mass is 9.82. The van der Waals surface area contributed by atoms with Gasteiger partial charge in [-0.15, -0.1) is 0 Å². The standard InChI is InChI=1S/C28H31F3N4O3/c1-4-27(37)17(3)10-11-18(27)14-34(5-2)26(36)22-12-23-20(13-32-22)25(33-35(23)16-28(29,30)31)21-15-38-24-9-7-6-8-19(21)24/h6-9,12-13,15,17-18,37H,4-5,10-11,14,16H2,1-3H3. The number of nitrogens with zero attached hydrogens (tertiary/aromatic N) is 4. The number of aromatic nitrogens is 3. The molecule has 1 N–H and O–H groups in total. The topological polar surface area (TPSA) is 84.4 Å². The molecule has 3 unspecified atom stereocenters. The van der Waals surface area contributed by atoms with E-state index in [0.717, 1.165) is 22.9 Å². The van der Waals surface area contributed by atoms with Gasteiger partial charge in [-0.3, -0.25) is 14.5 Å². The number of hydrogen-bond acceptors (Lipinski definition) is 5. The van der Waals surface area contributed by atoms with Crippen molar-refractivity contribution in [3.05, 3.63) is 48.5 Å². The predicted octanol–water partition coefficient (Wildman–Crippen LogP) is 6.06. The van der Waals surface area contributed by atoms with Crippen molar-refractivity contribution in [2.45, 2.75) is 58.4 Å². The zero-order valence-electron chi connectivity index (χ0n) is 21.6. The third-order valence-corrected chi connectivity index (χ3v) is 8.10. The fourth-order valence-corrected chi connectivity index (χ4v) is 5.86. The Balaban J connectivity index is 1.53. The van der Waals surface area contributed by atoms with Crippen molar-refractivity contribution in [1.82, 2.24) is 19.7 Å². The van der Waals surface area contributed by atoms with Crippen LogP contribution in [-0.2, 0) is 6.54 Å². The highest BCUT2D eigenvalue weighted by Crippen LogP contribution is 2.43. The predicted molar refractivity (Wildman–Crippen MR) is 137 cm³/mol. The lowest BCUT2D eigenvalue weighted by Crippen LogP contribution is -2.45. The molecule has 7 nitrogen and oxygen atoms in total. The van der Waals surface area contributed by atoms with Crippen molar-refractivity contribution in [2.75, 3.05) is 13.1 Å². The summed E-state index contributed by atoms with van der Waals surface area (Å²) in [6.07, 6.45) is 0.653. The number of halogens is 3. The van der Waals surface area contributed by atoms with Gasteiger partial charge in [0, 0.05) is 41.5 Å². The number of carbonyl (C=O) groups excluding carboxylic acids is 1. The molecule has 3 heterocycles. The summed E-state index contributed by atoms with van der Waals surface area (Å²) >= 11 is 0. The second-order valence-corrected chi connectivity index (χ2v) is 10.2. The van der Waals surface area contributed by atoms with Gasteiger partial charge in [-0.25, -0.2) is 0 Å².